The topological polar surface area (TPSA) is 157 Å². The van der Waals surface area contributed by atoms with Gasteiger partial charge < -0.3 is 34.1 Å². The van der Waals surface area contributed by atoms with E-state index in [4.69, 9.17) is 23.7 Å². The number of alkyl carbamates (subject to hydrolysis) is 1. The number of nitrogens with one attached hydrogen (secondary N) is 1. The Bertz CT molecular complexity index is 933. The maximum atomic E-state index is 12.2. The monoisotopic (exact) mass is 503 g/mol. The number of ether oxygens (including phenoxy) is 5. The van der Waals surface area contributed by atoms with Crippen LogP contribution in [0.3, 0.4) is 0 Å². The third-order valence-corrected chi connectivity index (χ3v) is 4.42. The molecule has 0 fully saturated rings. The summed E-state index contributed by atoms with van der Waals surface area (Å²) < 4.78 is 28.1. The number of ketones is 1. The third kappa shape index (κ3) is 11.5. The lowest BCUT2D eigenvalue weighted by Crippen LogP contribution is -2.40. The Morgan fingerprint density at radius 1 is 0.829 bits per heavy atom. The van der Waals surface area contributed by atoms with Gasteiger partial charge in [-0.3, -0.25) is 18.7 Å². The molecule has 0 aliphatic carbocycles. The first-order valence-corrected chi connectivity index (χ1v) is 11.3. The number of aromatic hydroxyl groups is 1. The van der Waals surface area contributed by atoms with Crippen LogP contribution in [0.15, 0.2) is 9.59 Å². The van der Waals surface area contributed by atoms with Gasteiger partial charge in [0.2, 0.25) is 5.88 Å². The maximum absolute atomic E-state index is 12.2. The number of aromatic nitrogens is 2. The molecule has 0 radical (unpaired) electrons. The van der Waals surface area contributed by atoms with Crippen molar-refractivity contribution in [2.24, 2.45) is 14.1 Å². The molecule has 1 heterocycles. The van der Waals surface area contributed by atoms with Crippen molar-refractivity contribution >= 4 is 11.9 Å². The molecule has 1 aromatic rings. The van der Waals surface area contributed by atoms with Gasteiger partial charge in [0.15, 0.2) is 5.78 Å². The maximum Gasteiger partial charge on any atom is 0.407 e. The largest absolute Gasteiger partial charge is 0.494 e. The quantitative estimate of drug-likeness (QED) is 0.232. The lowest BCUT2D eigenvalue weighted by molar-refractivity contribution is -0.00175. The summed E-state index contributed by atoms with van der Waals surface area (Å²) in [4.78, 5) is 47.5. The number of Topliss-reactive ketones (excluding diaryl/α,β-unsaturated/α-hetero) is 1. The zero-order valence-corrected chi connectivity index (χ0v) is 21.1. The molecule has 0 unspecified atom stereocenters. The van der Waals surface area contributed by atoms with Gasteiger partial charge in [0, 0.05) is 27.1 Å². The van der Waals surface area contributed by atoms with Gasteiger partial charge >= 0.3 is 11.8 Å². The first-order valence-electron chi connectivity index (χ1n) is 11.3. The minimum atomic E-state index is -0.846. The average molecular weight is 504 g/mol. The molecule has 13 heteroatoms. The van der Waals surface area contributed by atoms with Gasteiger partial charge in [-0.25, -0.2) is 9.59 Å². The van der Waals surface area contributed by atoms with Gasteiger partial charge in [-0.05, 0) is 20.8 Å². The summed E-state index contributed by atoms with van der Waals surface area (Å²) >= 11 is 0. The molecular weight excluding hydrogens is 466 g/mol. The van der Waals surface area contributed by atoms with E-state index in [0.717, 1.165) is 9.13 Å². The fourth-order valence-electron chi connectivity index (χ4n) is 2.67. The smallest absolute Gasteiger partial charge is 0.407 e. The van der Waals surface area contributed by atoms with Crippen molar-refractivity contribution in [3.05, 3.63) is 26.4 Å². The van der Waals surface area contributed by atoms with Crippen LogP contribution in [0.2, 0.25) is 0 Å². The van der Waals surface area contributed by atoms with Gasteiger partial charge in [-0.15, -0.1) is 0 Å². The highest BCUT2D eigenvalue weighted by atomic mass is 16.6. The van der Waals surface area contributed by atoms with Crippen molar-refractivity contribution in [2.75, 3.05) is 59.4 Å². The van der Waals surface area contributed by atoms with Crippen molar-refractivity contribution in [2.45, 2.75) is 32.8 Å². The van der Waals surface area contributed by atoms with Crippen molar-refractivity contribution in [1.82, 2.24) is 14.5 Å². The first-order chi connectivity index (χ1) is 16.5. The third-order valence-electron chi connectivity index (χ3n) is 4.42. The number of amides is 1. The van der Waals surface area contributed by atoms with E-state index in [-0.39, 0.29) is 26.2 Å². The molecular formula is C22H37N3O10. The molecule has 0 aromatic carbocycles. The van der Waals surface area contributed by atoms with Gasteiger partial charge in [-0.1, -0.05) is 0 Å². The van der Waals surface area contributed by atoms with Crippen molar-refractivity contribution in [3.8, 4) is 5.88 Å². The zero-order chi connectivity index (χ0) is 26.4. The van der Waals surface area contributed by atoms with E-state index in [1.807, 2.05) is 0 Å². The molecule has 1 rings (SSSR count). The van der Waals surface area contributed by atoms with Crippen LogP contribution in [-0.4, -0.2) is 91.1 Å². The van der Waals surface area contributed by atoms with E-state index < -0.39 is 40.2 Å². The molecule has 200 valence electrons. The normalized spacial score (nSPS) is 11.5. The highest BCUT2D eigenvalue weighted by Crippen LogP contribution is 2.11. The average Bonchev–Trinajstić information content (AvgIpc) is 2.77. The second kappa shape index (κ2) is 15.3. The fraction of sp³-hybridized carbons (Fsp3) is 0.727. The fourth-order valence-corrected chi connectivity index (χ4v) is 2.67. The Hall–Kier alpha value is -2.74. The zero-order valence-electron chi connectivity index (χ0n) is 21.1. The lowest BCUT2D eigenvalue weighted by Gasteiger charge is -2.19. The van der Waals surface area contributed by atoms with Crippen LogP contribution >= 0.6 is 0 Å². The molecule has 0 aliphatic rings. The van der Waals surface area contributed by atoms with Gasteiger partial charge in [0.05, 0.1) is 52.9 Å². The second-order valence-corrected chi connectivity index (χ2v) is 8.46. The second-order valence-electron chi connectivity index (χ2n) is 8.46. The van der Waals surface area contributed by atoms with E-state index in [2.05, 4.69) is 5.32 Å². The highest BCUT2D eigenvalue weighted by Gasteiger charge is 2.21. The SMILES string of the molecule is Cn1c(O)c(C(=O)CCOCCOCCOCCOCCNC(=O)OC(C)(C)C)c(=O)n(C)c1=O. The molecule has 0 saturated carbocycles. The number of carbonyl (C=O) groups is 2. The minimum Gasteiger partial charge on any atom is -0.494 e. The molecule has 1 aromatic heterocycles. The van der Waals surface area contributed by atoms with Crippen LogP contribution in [0.1, 0.15) is 37.6 Å². The molecule has 0 spiro atoms. The molecule has 2 N–H and O–H groups in total. The molecule has 13 nitrogen and oxygen atoms in total. The predicted octanol–water partition coefficient (Wildman–Crippen LogP) is -0.0465. The lowest BCUT2D eigenvalue weighted by atomic mass is 10.1. The standard InChI is InChI=1S/C22H37N3O10/c1-22(2,3)35-20(29)23-7-9-32-11-13-34-15-14-33-12-10-31-8-6-16(26)17-18(27)24(4)21(30)25(5)19(17)28/h27H,6-15H2,1-5H3,(H,23,29). The Morgan fingerprint density at radius 2 is 1.31 bits per heavy atom. The van der Waals surface area contributed by atoms with Crippen LogP contribution < -0.4 is 16.6 Å². The molecule has 0 bridgehead atoms. The van der Waals surface area contributed by atoms with E-state index in [1.165, 1.54) is 14.1 Å². The van der Waals surface area contributed by atoms with Gasteiger partial charge in [0.25, 0.3) is 5.56 Å². The number of hydrogen-bond acceptors (Lipinski definition) is 10. The number of hydrogen-bond donors (Lipinski definition) is 2. The summed E-state index contributed by atoms with van der Waals surface area (Å²) in [7, 11) is 2.50. The Balaban J connectivity index is 2.01. The summed E-state index contributed by atoms with van der Waals surface area (Å²) in [5.74, 6) is -1.27. The number of carbonyl (C=O) groups excluding carboxylic acids is 2. The Morgan fingerprint density at radius 3 is 1.83 bits per heavy atom. The van der Waals surface area contributed by atoms with E-state index in [0.29, 0.717) is 39.6 Å². The first kappa shape index (κ1) is 30.3. The summed E-state index contributed by atoms with van der Waals surface area (Å²) in [5, 5.41) is 12.5. The molecule has 0 aliphatic heterocycles. The summed E-state index contributed by atoms with van der Waals surface area (Å²) in [6.07, 6.45) is -0.614. The molecule has 0 saturated heterocycles. The van der Waals surface area contributed by atoms with Crippen LogP contribution in [0, 0.1) is 0 Å². The highest BCUT2D eigenvalue weighted by molar-refractivity contribution is 5.97. The van der Waals surface area contributed by atoms with Crippen LogP contribution in [0.25, 0.3) is 0 Å². The summed E-state index contributed by atoms with van der Waals surface area (Å²) in [6.45, 7) is 8.08. The van der Waals surface area contributed by atoms with Crippen molar-refractivity contribution in [1.29, 1.82) is 0 Å². The molecule has 35 heavy (non-hydrogen) atoms. The van der Waals surface area contributed by atoms with Gasteiger partial charge in [-0.2, -0.15) is 0 Å². The number of nitrogens with zero attached hydrogens (tertiary/aromatic N) is 2. The van der Waals surface area contributed by atoms with E-state index >= 15 is 0 Å². The van der Waals surface area contributed by atoms with Crippen LogP contribution in [0.5, 0.6) is 5.88 Å². The summed E-state index contributed by atoms with van der Waals surface area (Å²) in [6, 6.07) is 0. The van der Waals surface area contributed by atoms with Gasteiger partial charge in [0.1, 0.15) is 11.2 Å². The van der Waals surface area contributed by atoms with Crippen molar-refractivity contribution in [3.63, 3.8) is 0 Å². The van der Waals surface area contributed by atoms with Crippen LogP contribution in [0.4, 0.5) is 4.79 Å². The van der Waals surface area contributed by atoms with Crippen molar-refractivity contribution < 1.29 is 38.4 Å². The number of rotatable bonds is 16. The van der Waals surface area contributed by atoms with E-state index in [9.17, 15) is 24.3 Å². The Labute approximate surface area is 203 Å². The molecule has 1 amide bonds. The van der Waals surface area contributed by atoms with Crippen LogP contribution in [-0.2, 0) is 37.8 Å². The predicted molar refractivity (Wildman–Crippen MR) is 125 cm³/mol. The minimum absolute atomic E-state index is 0.0320. The van der Waals surface area contributed by atoms with E-state index in [1.54, 1.807) is 20.8 Å². The summed E-state index contributed by atoms with van der Waals surface area (Å²) in [5.41, 5.74) is -2.54. The Kier molecular flexibility index (Phi) is 13.2. The molecule has 0 atom stereocenters.